The molecular weight excluding hydrogens is 613 g/mol. The van der Waals surface area contributed by atoms with Crippen LogP contribution in [0.2, 0.25) is 0 Å². The highest BCUT2D eigenvalue weighted by Gasteiger charge is 2.31. The molecule has 1 heterocycles. The van der Waals surface area contributed by atoms with Crippen molar-refractivity contribution in [2.75, 3.05) is 0 Å². The topological polar surface area (TPSA) is 22.0 Å². The van der Waals surface area contributed by atoms with E-state index in [1.807, 2.05) is 36.4 Å². The van der Waals surface area contributed by atoms with Gasteiger partial charge in [-0.25, -0.2) is 0 Å². The quantitative estimate of drug-likeness (QED) is 0.165. The molecule has 0 aliphatic rings. The molecule has 232 valence electrons. The number of hydrogen-bond donors (Lipinski definition) is 0. The molecule has 0 fully saturated rings. The van der Waals surface area contributed by atoms with E-state index < -0.39 is 7.14 Å². The Bertz CT molecular complexity index is 2560. The Labute approximate surface area is 285 Å². The third-order valence-electron chi connectivity index (χ3n) is 9.70. The molecule has 9 rings (SSSR count). The van der Waals surface area contributed by atoms with Crippen LogP contribution in [-0.2, 0) is 4.57 Å². The molecular formula is C46H32NOP. The SMILES string of the molecule is O=P(c1ccc(-c2ccccc2)cc1)(c1ccc(-c2ccccc2)cc1)c1ccc2c(c1)c1ccccc1n2-c1cccc2ccccc12. The van der Waals surface area contributed by atoms with Gasteiger partial charge >= 0.3 is 0 Å². The van der Waals surface area contributed by atoms with Crippen LogP contribution < -0.4 is 15.9 Å². The van der Waals surface area contributed by atoms with Crippen molar-refractivity contribution in [2.24, 2.45) is 0 Å². The number of nitrogens with zero attached hydrogens (tertiary/aromatic N) is 1. The van der Waals surface area contributed by atoms with Gasteiger partial charge in [-0.15, -0.1) is 0 Å². The van der Waals surface area contributed by atoms with E-state index in [2.05, 4.69) is 162 Å². The van der Waals surface area contributed by atoms with Crippen molar-refractivity contribution in [3.8, 4) is 27.9 Å². The lowest BCUT2D eigenvalue weighted by Gasteiger charge is -2.21. The number of rotatable bonds is 6. The Kier molecular flexibility index (Phi) is 7.11. The number of hydrogen-bond acceptors (Lipinski definition) is 1. The maximum Gasteiger partial charge on any atom is 0.171 e. The molecule has 0 radical (unpaired) electrons. The lowest BCUT2D eigenvalue weighted by atomic mass is 10.1. The van der Waals surface area contributed by atoms with E-state index >= 15 is 4.57 Å². The Morgan fingerprint density at radius 2 is 0.816 bits per heavy atom. The maximum atomic E-state index is 15.9. The summed E-state index contributed by atoms with van der Waals surface area (Å²) < 4.78 is 18.3. The van der Waals surface area contributed by atoms with Gasteiger partial charge in [-0.2, -0.15) is 0 Å². The van der Waals surface area contributed by atoms with Gasteiger partial charge in [-0.05, 0) is 58.0 Å². The van der Waals surface area contributed by atoms with E-state index in [1.165, 1.54) is 10.8 Å². The summed E-state index contributed by atoms with van der Waals surface area (Å²) in [4.78, 5) is 0. The van der Waals surface area contributed by atoms with Crippen LogP contribution in [0.3, 0.4) is 0 Å². The molecule has 8 aromatic carbocycles. The molecule has 0 atom stereocenters. The zero-order valence-electron chi connectivity index (χ0n) is 26.8. The largest absolute Gasteiger partial charge is 0.309 e. The maximum absolute atomic E-state index is 15.9. The summed E-state index contributed by atoms with van der Waals surface area (Å²) in [5.74, 6) is 0. The standard InChI is InChI=1S/C46H32NOP/c48-49(38-26-22-35(23-27-38)33-12-3-1-4-13-33,39-28-24-36(25-29-39)34-14-5-2-6-15-34)40-30-31-46-43(32-40)42-19-9-10-20-45(42)47(46)44-21-11-17-37-16-7-8-18-41(37)44/h1-32H. The minimum absolute atomic E-state index is 0.816. The van der Waals surface area contributed by atoms with Crippen LogP contribution in [0.4, 0.5) is 0 Å². The van der Waals surface area contributed by atoms with Gasteiger partial charge in [0.25, 0.3) is 0 Å². The van der Waals surface area contributed by atoms with Crippen molar-refractivity contribution in [3.63, 3.8) is 0 Å². The minimum atomic E-state index is -3.29. The van der Waals surface area contributed by atoms with Crippen molar-refractivity contribution in [1.82, 2.24) is 4.57 Å². The van der Waals surface area contributed by atoms with E-state index in [0.29, 0.717) is 0 Å². The monoisotopic (exact) mass is 645 g/mol. The van der Waals surface area contributed by atoms with E-state index in [9.17, 15) is 0 Å². The fraction of sp³-hybridized carbons (Fsp3) is 0. The predicted octanol–water partition coefficient (Wildman–Crippen LogP) is 10.9. The second kappa shape index (κ2) is 11.9. The second-order valence-corrected chi connectivity index (χ2v) is 15.3. The predicted molar refractivity (Wildman–Crippen MR) is 209 cm³/mol. The molecule has 0 aliphatic heterocycles. The molecule has 2 nitrogen and oxygen atoms in total. The first-order chi connectivity index (χ1) is 24.2. The van der Waals surface area contributed by atoms with Crippen LogP contribution in [0, 0.1) is 0 Å². The van der Waals surface area contributed by atoms with E-state index in [-0.39, 0.29) is 0 Å². The van der Waals surface area contributed by atoms with Crippen LogP contribution in [0.25, 0.3) is 60.5 Å². The van der Waals surface area contributed by atoms with Gasteiger partial charge < -0.3 is 9.13 Å². The van der Waals surface area contributed by atoms with Crippen molar-refractivity contribution in [1.29, 1.82) is 0 Å². The van der Waals surface area contributed by atoms with Crippen molar-refractivity contribution < 1.29 is 4.57 Å². The van der Waals surface area contributed by atoms with Crippen molar-refractivity contribution in [3.05, 3.63) is 194 Å². The van der Waals surface area contributed by atoms with E-state index in [4.69, 9.17) is 0 Å². The average Bonchev–Trinajstić information content (AvgIpc) is 3.52. The summed E-state index contributed by atoms with van der Waals surface area (Å²) in [6, 6.07) is 67.2. The summed E-state index contributed by atoms with van der Waals surface area (Å²) in [6.45, 7) is 0. The number of para-hydroxylation sites is 1. The van der Waals surface area contributed by atoms with Gasteiger partial charge in [0, 0.05) is 32.1 Å². The fourth-order valence-electron chi connectivity index (χ4n) is 7.26. The second-order valence-electron chi connectivity index (χ2n) is 12.5. The van der Waals surface area contributed by atoms with Gasteiger partial charge in [0.2, 0.25) is 0 Å². The lowest BCUT2D eigenvalue weighted by molar-refractivity contribution is 0.592. The van der Waals surface area contributed by atoms with Crippen LogP contribution in [0.5, 0.6) is 0 Å². The molecule has 0 spiro atoms. The lowest BCUT2D eigenvalue weighted by Crippen LogP contribution is -2.25. The van der Waals surface area contributed by atoms with Gasteiger partial charge in [-0.1, -0.05) is 164 Å². The Morgan fingerprint density at radius 1 is 0.347 bits per heavy atom. The van der Waals surface area contributed by atoms with Crippen LogP contribution in [-0.4, -0.2) is 4.57 Å². The highest BCUT2D eigenvalue weighted by molar-refractivity contribution is 7.85. The minimum Gasteiger partial charge on any atom is -0.309 e. The first-order valence-corrected chi connectivity index (χ1v) is 18.3. The van der Waals surface area contributed by atoms with Crippen molar-refractivity contribution >= 4 is 55.6 Å². The zero-order valence-corrected chi connectivity index (χ0v) is 27.7. The molecule has 0 aliphatic carbocycles. The number of benzene rings is 8. The van der Waals surface area contributed by atoms with E-state index in [0.717, 1.165) is 65.7 Å². The van der Waals surface area contributed by atoms with Gasteiger partial charge in [0.15, 0.2) is 7.14 Å². The summed E-state index contributed by atoms with van der Waals surface area (Å²) in [7, 11) is -3.29. The molecule has 0 bridgehead atoms. The third kappa shape index (κ3) is 4.92. The first-order valence-electron chi connectivity index (χ1n) is 16.6. The highest BCUT2D eigenvalue weighted by atomic mass is 31.2. The summed E-state index contributed by atoms with van der Waals surface area (Å²) in [5, 5.41) is 7.07. The van der Waals surface area contributed by atoms with Crippen molar-refractivity contribution in [2.45, 2.75) is 0 Å². The van der Waals surface area contributed by atoms with Crippen LogP contribution >= 0.6 is 7.14 Å². The zero-order chi connectivity index (χ0) is 32.8. The molecule has 0 unspecified atom stereocenters. The third-order valence-corrected chi connectivity index (χ3v) is 12.8. The molecule has 1 aromatic heterocycles. The molecule has 3 heteroatoms. The smallest absolute Gasteiger partial charge is 0.171 e. The van der Waals surface area contributed by atoms with Gasteiger partial charge in [0.05, 0.1) is 16.7 Å². The summed E-state index contributed by atoms with van der Waals surface area (Å²) in [5.41, 5.74) is 7.82. The molecule has 0 amide bonds. The molecule has 9 aromatic rings. The highest BCUT2D eigenvalue weighted by Crippen LogP contribution is 2.45. The fourth-order valence-corrected chi connectivity index (χ4v) is 9.88. The summed E-state index contributed by atoms with van der Waals surface area (Å²) in [6.07, 6.45) is 0. The molecule has 0 saturated heterocycles. The number of aromatic nitrogens is 1. The number of fused-ring (bicyclic) bond motifs is 4. The van der Waals surface area contributed by atoms with Gasteiger partial charge in [-0.3, -0.25) is 0 Å². The average molecular weight is 646 g/mol. The Balaban J connectivity index is 1.26. The molecule has 0 saturated carbocycles. The van der Waals surface area contributed by atoms with Crippen LogP contribution in [0.15, 0.2) is 194 Å². The van der Waals surface area contributed by atoms with Gasteiger partial charge in [0.1, 0.15) is 0 Å². The first kappa shape index (κ1) is 29.2. The molecule has 49 heavy (non-hydrogen) atoms. The summed E-state index contributed by atoms with van der Waals surface area (Å²) >= 11 is 0. The Hall–Kier alpha value is -5.95. The van der Waals surface area contributed by atoms with E-state index in [1.54, 1.807) is 0 Å². The molecule has 0 N–H and O–H groups in total. The van der Waals surface area contributed by atoms with Crippen LogP contribution in [0.1, 0.15) is 0 Å². The Morgan fingerprint density at radius 3 is 1.45 bits per heavy atom. The normalized spacial score (nSPS) is 11.8.